The van der Waals surface area contributed by atoms with E-state index in [0.717, 1.165) is 30.6 Å². The number of nitrogens with one attached hydrogen (secondary N) is 1. The predicted octanol–water partition coefficient (Wildman–Crippen LogP) is 4.42. The summed E-state index contributed by atoms with van der Waals surface area (Å²) < 4.78 is 0. The van der Waals surface area contributed by atoms with Crippen molar-refractivity contribution in [2.45, 2.75) is 77.4 Å². The fourth-order valence-electron chi connectivity index (χ4n) is 6.82. The molecule has 2 nitrogen and oxygen atoms in total. The number of allylic oxidation sites excluding steroid dienone is 1. The summed E-state index contributed by atoms with van der Waals surface area (Å²) in [7, 11) is 0. The Bertz CT molecular complexity index is 492. The topological polar surface area (TPSA) is 32.3 Å². The molecular formula is C19H30ClNO. The Morgan fingerprint density at radius 2 is 1.95 bits per heavy atom. The first-order chi connectivity index (χ1) is 10.5. The van der Waals surface area contributed by atoms with Crippen LogP contribution in [0.1, 0.15) is 65.2 Å². The first-order valence-electron chi connectivity index (χ1n) is 9.23. The van der Waals surface area contributed by atoms with Gasteiger partial charge in [-0.2, -0.15) is 0 Å². The van der Waals surface area contributed by atoms with E-state index in [-0.39, 0.29) is 6.10 Å². The highest BCUT2D eigenvalue weighted by molar-refractivity contribution is 6.13. The minimum Gasteiger partial charge on any atom is -0.393 e. The summed E-state index contributed by atoms with van der Waals surface area (Å²) in [6.07, 6.45) is 12.0. The van der Waals surface area contributed by atoms with Gasteiger partial charge in [0.25, 0.3) is 0 Å². The third-order valence-electron chi connectivity index (χ3n) is 8.21. The van der Waals surface area contributed by atoms with E-state index in [1.54, 1.807) is 5.57 Å². The van der Waals surface area contributed by atoms with E-state index in [1.807, 2.05) is 0 Å². The molecular weight excluding hydrogens is 294 g/mol. The van der Waals surface area contributed by atoms with Gasteiger partial charge in [0.05, 0.1) is 6.10 Å². The normalized spacial score (nSPS) is 54.2. The second kappa shape index (κ2) is 5.22. The molecule has 3 heteroatoms. The van der Waals surface area contributed by atoms with Gasteiger partial charge in [0.1, 0.15) is 0 Å². The van der Waals surface area contributed by atoms with Crippen LogP contribution in [0.2, 0.25) is 0 Å². The average Bonchev–Trinajstić information content (AvgIpc) is 2.84. The minimum absolute atomic E-state index is 0.0963. The second-order valence-corrected chi connectivity index (χ2v) is 9.16. The van der Waals surface area contributed by atoms with Crippen LogP contribution in [0.3, 0.4) is 0 Å². The van der Waals surface area contributed by atoms with Crippen LogP contribution in [-0.2, 0) is 0 Å². The van der Waals surface area contributed by atoms with E-state index in [1.165, 1.54) is 38.5 Å². The van der Waals surface area contributed by atoms with Gasteiger partial charge < -0.3 is 5.11 Å². The largest absolute Gasteiger partial charge is 0.393 e. The molecule has 0 aromatic heterocycles. The first-order valence-corrected chi connectivity index (χ1v) is 9.60. The van der Waals surface area contributed by atoms with E-state index in [9.17, 15) is 5.11 Å². The maximum Gasteiger partial charge on any atom is 0.0577 e. The highest BCUT2D eigenvalue weighted by Gasteiger charge is 2.58. The average molecular weight is 324 g/mol. The SMILES string of the molecule is C[C@]12CC[C@H]3[C@@H](CC=C4C[C@@H](O)CC[C@@]43C)[C@@H]1CC[C@@H]2NCl. The molecule has 0 unspecified atom stereocenters. The van der Waals surface area contributed by atoms with Crippen LogP contribution in [0.4, 0.5) is 0 Å². The van der Waals surface area contributed by atoms with E-state index >= 15 is 0 Å². The summed E-state index contributed by atoms with van der Waals surface area (Å²) in [6, 6.07) is 0.492. The quantitative estimate of drug-likeness (QED) is 0.553. The molecule has 0 bridgehead atoms. The molecule has 4 aliphatic rings. The van der Waals surface area contributed by atoms with E-state index in [4.69, 9.17) is 11.8 Å². The van der Waals surface area contributed by atoms with Crippen LogP contribution in [-0.4, -0.2) is 17.3 Å². The number of hydrogen-bond donors (Lipinski definition) is 2. The van der Waals surface area contributed by atoms with Crippen molar-refractivity contribution in [2.75, 3.05) is 0 Å². The van der Waals surface area contributed by atoms with Crippen LogP contribution in [0.15, 0.2) is 11.6 Å². The summed E-state index contributed by atoms with van der Waals surface area (Å²) in [4.78, 5) is 3.09. The number of aliphatic hydroxyl groups is 1. The second-order valence-electron chi connectivity index (χ2n) is 8.94. The minimum atomic E-state index is -0.0963. The molecule has 0 aliphatic heterocycles. The molecule has 0 spiro atoms. The fourth-order valence-corrected chi connectivity index (χ4v) is 7.18. The van der Waals surface area contributed by atoms with Crippen molar-refractivity contribution in [3.8, 4) is 0 Å². The summed E-state index contributed by atoms with van der Waals surface area (Å²) in [5.74, 6) is 2.48. The van der Waals surface area contributed by atoms with Crippen molar-refractivity contribution in [3.63, 3.8) is 0 Å². The molecule has 0 heterocycles. The van der Waals surface area contributed by atoms with Crippen LogP contribution >= 0.6 is 11.8 Å². The fraction of sp³-hybridized carbons (Fsp3) is 0.895. The van der Waals surface area contributed by atoms with Gasteiger partial charge in [-0.3, -0.25) is 0 Å². The molecule has 4 rings (SSSR count). The number of rotatable bonds is 1. The van der Waals surface area contributed by atoms with Gasteiger partial charge in [-0.05, 0) is 91.7 Å². The Kier molecular flexibility index (Phi) is 3.68. The van der Waals surface area contributed by atoms with Crippen molar-refractivity contribution in [1.82, 2.24) is 4.84 Å². The number of hydrogen-bond acceptors (Lipinski definition) is 2. The van der Waals surface area contributed by atoms with E-state index in [2.05, 4.69) is 24.8 Å². The third-order valence-corrected chi connectivity index (χ3v) is 8.47. The van der Waals surface area contributed by atoms with Crippen molar-refractivity contribution >= 4 is 11.8 Å². The van der Waals surface area contributed by atoms with Crippen molar-refractivity contribution in [3.05, 3.63) is 11.6 Å². The Morgan fingerprint density at radius 3 is 2.73 bits per heavy atom. The molecule has 22 heavy (non-hydrogen) atoms. The Hall–Kier alpha value is -0.0500. The molecule has 0 amide bonds. The summed E-state index contributed by atoms with van der Waals surface area (Å²) in [5.41, 5.74) is 2.32. The maximum absolute atomic E-state index is 10.1. The highest BCUT2D eigenvalue weighted by atomic mass is 35.5. The lowest BCUT2D eigenvalue weighted by atomic mass is 9.48. The van der Waals surface area contributed by atoms with Gasteiger partial charge >= 0.3 is 0 Å². The third kappa shape index (κ3) is 1.99. The zero-order valence-corrected chi connectivity index (χ0v) is 14.7. The highest BCUT2D eigenvalue weighted by Crippen LogP contribution is 2.64. The number of fused-ring (bicyclic) bond motifs is 5. The lowest BCUT2D eigenvalue weighted by Crippen LogP contribution is -2.52. The maximum atomic E-state index is 10.1. The molecule has 0 saturated heterocycles. The smallest absolute Gasteiger partial charge is 0.0577 e. The zero-order valence-electron chi connectivity index (χ0n) is 13.9. The van der Waals surface area contributed by atoms with Gasteiger partial charge in [-0.1, -0.05) is 25.5 Å². The van der Waals surface area contributed by atoms with Crippen LogP contribution in [0, 0.1) is 28.6 Å². The van der Waals surface area contributed by atoms with E-state index < -0.39 is 0 Å². The van der Waals surface area contributed by atoms with Gasteiger partial charge in [0, 0.05) is 6.04 Å². The van der Waals surface area contributed by atoms with Gasteiger partial charge in [-0.25, -0.2) is 4.84 Å². The Morgan fingerprint density at radius 1 is 1.14 bits per heavy atom. The van der Waals surface area contributed by atoms with Crippen LogP contribution in [0.25, 0.3) is 0 Å². The lowest BCUT2D eigenvalue weighted by molar-refractivity contribution is -0.0414. The summed E-state index contributed by atoms with van der Waals surface area (Å²) in [5, 5.41) is 10.1. The molecule has 0 aromatic rings. The van der Waals surface area contributed by atoms with Gasteiger partial charge in [0.2, 0.25) is 0 Å². The van der Waals surface area contributed by atoms with Crippen LogP contribution < -0.4 is 4.84 Å². The molecule has 3 saturated carbocycles. The van der Waals surface area contributed by atoms with Gasteiger partial charge in [0.15, 0.2) is 0 Å². The molecule has 0 aromatic carbocycles. The molecule has 2 N–H and O–H groups in total. The van der Waals surface area contributed by atoms with Crippen LogP contribution in [0.5, 0.6) is 0 Å². The Labute approximate surface area is 139 Å². The zero-order chi connectivity index (χ0) is 15.5. The predicted molar refractivity (Wildman–Crippen MR) is 90.5 cm³/mol. The van der Waals surface area contributed by atoms with Crippen molar-refractivity contribution < 1.29 is 5.11 Å². The van der Waals surface area contributed by atoms with Gasteiger partial charge in [-0.15, -0.1) is 0 Å². The van der Waals surface area contributed by atoms with E-state index in [0.29, 0.717) is 16.9 Å². The Balaban J connectivity index is 1.66. The molecule has 0 radical (unpaired) electrons. The molecule has 124 valence electrons. The standard InChI is InChI=1S/C19H30ClNO/c1-18-9-7-13(22)11-12(18)3-4-14-15-5-6-17(21-20)19(15,2)10-8-16(14)18/h3,13-17,21-22H,4-11H2,1-2H3/t13-,14-,15-,16-,17-,18-,19-/m0/s1. The van der Waals surface area contributed by atoms with Crippen molar-refractivity contribution in [2.24, 2.45) is 28.6 Å². The lowest BCUT2D eigenvalue weighted by Gasteiger charge is -2.57. The molecule has 3 fully saturated rings. The summed E-state index contributed by atoms with van der Waals surface area (Å²) in [6.45, 7) is 4.98. The molecule has 7 atom stereocenters. The monoisotopic (exact) mass is 323 g/mol. The first kappa shape index (κ1) is 15.5. The number of aliphatic hydroxyl groups excluding tert-OH is 1. The summed E-state index contributed by atoms with van der Waals surface area (Å²) >= 11 is 6.06. The van der Waals surface area contributed by atoms with Crippen molar-refractivity contribution in [1.29, 1.82) is 0 Å². The molecule has 4 aliphatic carbocycles. The number of halogens is 1.